The highest BCUT2D eigenvalue weighted by molar-refractivity contribution is 7.99. The molecule has 1 aromatic carbocycles. The molecule has 1 atom stereocenters. The maximum Gasteiger partial charge on any atom is 0.282 e. The van der Waals surface area contributed by atoms with E-state index in [-0.39, 0.29) is 5.69 Å². The van der Waals surface area contributed by atoms with E-state index in [9.17, 15) is 15.2 Å². The van der Waals surface area contributed by atoms with Crippen LogP contribution in [0, 0.1) is 10.1 Å². The fourth-order valence-electron chi connectivity index (χ4n) is 1.42. The molecule has 0 amide bonds. The summed E-state index contributed by atoms with van der Waals surface area (Å²) in [5.74, 6) is 0.446. The SMILES string of the molecule is CCCNCC(O)CSc1ccccc1[N+](=O)[O-]. The Balaban J connectivity index is 2.45. The summed E-state index contributed by atoms with van der Waals surface area (Å²) in [6.45, 7) is 3.44. The van der Waals surface area contributed by atoms with Gasteiger partial charge in [-0.3, -0.25) is 10.1 Å². The van der Waals surface area contributed by atoms with Crippen LogP contribution in [0.15, 0.2) is 29.2 Å². The van der Waals surface area contributed by atoms with Crippen molar-refractivity contribution in [3.05, 3.63) is 34.4 Å². The molecule has 0 bridgehead atoms. The normalized spacial score (nSPS) is 12.3. The van der Waals surface area contributed by atoms with Gasteiger partial charge in [0.25, 0.3) is 5.69 Å². The van der Waals surface area contributed by atoms with Crippen LogP contribution >= 0.6 is 11.8 Å². The van der Waals surface area contributed by atoms with Crippen molar-refractivity contribution in [1.82, 2.24) is 5.32 Å². The van der Waals surface area contributed by atoms with Crippen molar-refractivity contribution in [2.45, 2.75) is 24.3 Å². The van der Waals surface area contributed by atoms with Gasteiger partial charge in [-0.05, 0) is 19.0 Å². The van der Waals surface area contributed by atoms with E-state index in [1.54, 1.807) is 18.2 Å². The second-order valence-electron chi connectivity index (χ2n) is 3.89. The van der Waals surface area contributed by atoms with E-state index in [1.165, 1.54) is 17.8 Å². The maximum atomic E-state index is 10.8. The number of benzene rings is 1. The summed E-state index contributed by atoms with van der Waals surface area (Å²) in [6.07, 6.45) is 0.519. The molecule has 0 radical (unpaired) electrons. The number of rotatable bonds is 8. The molecular weight excluding hydrogens is 252 g/mol. The second-order valence-corrected chi connectivity index (χ2v) is 4.96. The van der Waals surface area contributed by atoms with E-state index in [0.29, 0.717) is 17.2 Å². The van der Waals surface area contributed by atoms with Crippen LogP contribution < -0.4 is 5.32 Å². The number of nitro groups is 1. The monoisotopic (exact) mass is 270 g/mol. The van der Waals surface area contributed by atoms with Crippen molar-refractivity contribution >= 4 is 17.4 Å². The standard InChI is InChI=1S/C12H18N2O3S/c1-2-7-13-8-10(15)9-18-12-6-4-3-5-11(12)14(16)17/h3-6,10,13,15H,2,7-9H2,1H3. The summed E-state index contributed by atoms with van der Waals surface area (Å²) in [5, 5.41) is 23.6. The Hall–Kier alpha value is -1.11. The first kappa shape index (κ1) is 14.9. The number of aliphatic hydroxyl groups excluding tert-OH is 1. The van der Waals surface area contributed by atoms with Gasteiger partial charge in [0.1, 0.15) is 0 Å². The van der Waals surface area contributed by atoms with Crippen LogP contribution in [0.2, 0.25) is 0 Å². The van der Waals surface area contributed by atoms with Gasteiger partial charge in [-0.2, -0.15) is 0 Å². The van der Waals surface area contributed by atoms with Crippen LogP contribution in [0.4, 0.5) is 5.69 Å². The fourth-order valence-corrected chi connectivity index (χ4v) is 2.38. The van der Waals surface area contributed by atoms with E-state index in [1.807, 2.05) is 0 Å². The van der Waals surface area contributed by atoms with Crippen LogP contribution in [0.3, 0.4) is 0 Å². The van der Waals surface area contributed by atoms with Crippen molar-refractivity contribution < 1.29 is 10.0 Å². The van der Waals surface area contributed by atoms with Crippen molar-refractivity contribution in [1.29, 1.82) is 0 Å². The van der Waals surface area contributed by atoms with Crippen molar-refractivity contribution in [2.24, 2.45) is 0 Å². The van der Waals surface area contributed by atoms with E-state index in [2.05, 4.69) is 12.2 Å². The number of hydrogen-bond donors (Lipinski definition) is 2. The van der Waals surface area contributed by atoms with Crippen molar-refractivity contribution in [3.63, 3.8) is 0 Å². The number of hydrogen-bond acceptors (Lipinski definition) is 5. The number of nitrogens with one attached hydrogen (secondary N) is 1. The van der Waals surface area contributed by atoms with Gasteiger partial charge in [0.15, 0.2) is 0 Å². The first-order chi connectivity index (χ1) is 8.65. The van der Waals surface area contributed by atoms with Crippen LogP contribution in [-0.2, 0) is 0 Å². The Bertz CT molecular complexity index is 387. The number of para-hydroxylation sites is 1. The summed E-state index contributed by atoms with van der Waals surface area (Å²) in [5.41, 5.74) is 0.0937. The van der Waals surface area contributed by atoms with Crippen LogP contribution in [0.1, 0.15) is 13.3 Å². The highest BCUT2D eigenvalue weighted by Crippen LogP contribution is 2.28. The highest BCUT2D eigenvalue weighted by Gasteiger charge is 2.14. The molecule has 0 fully saturated rings. The van der Waals surface area contributed by atoms with Gasteiger partial charge >= 0.3 is 0 Å². The molecule has 1 aromatic rings. The molecule has 0 saturated heterocycles. The maximum absolute atomic E-state index is 10.8. The molecule has 1 unspecified atom stereocenters. The summed E-state index contributed by atoms with van der Waals surface area (Å²) in [7, 11) is 0. The van der Waals surface area contributed by atoms with Crippen molar-refractivity contribution in [3.8, 4) is 0 Å². The van der Waals surface area contributed by atoms with E-state index in [4.69, 9.17) is 0 Å². The molecule has 0 aliphatic heterocycles. The minimum Gasteiger partial charge on any atom is -0.391 e. The molecule has 0 aromatic heterocycles. The molecule has 0 heterocycles. The molecular formula is C12H18N2O3S. The van der Waals surface area contributed by atoms with Crippen LogP contribution in [-0.4, -0.2) is 35.0 Å². The number of thioether (sulfide) groups is 1. The summed E-state index contributed by atoms with van der Waals surface area (Å²) < 4.78 is 0. The Morgan fingerprint density at radius 1 is 1.50 bits per heavy atom. The van der Waals surface area contributed by atoms with Crippen molar-refractivity contribution in [2.75, 3.05) is 18.8 Å². The summed E-state index contributed by atoms with van der Waals surface area (Å²) in [4.78, 5) is 11.0. The van der Waals surface area contributed by atoms with Gasteiger partial charge in [0, 0.05) is 18.4 Å². The zero-order valence-corrected chi connectivity index (χ0v) is 11.2. The first-order valence-electron chi connectivity index (χ1n) is 5.90. The predicted octanol–water partition coefficient (Wildman–Crippen LogP) is 2.05. The third kappa shape index (κ3) is 5.03. The lowest BCUT2D eigenvalue weighted by atomic mass is 10.3. The van der Waals surface area contributed by atoms with E-state index in [0.717, 1.165) is 13.0 Å². The van der Waals surface area contributed by atoms with Crippen LogP contribution in [0.5, 0.6) is 0 Å². The Kier molecular flexibility index (Phi) is 6.70. The summed E-state index contributed by atoms with van der Waals surface area (Å²) >= 11 is 1.31. The lowest BCUT2D eigenvalue weighted by Crippen LogP contribution is -2.28. The topological polar surface area (TPSA) is 75.4 Å². The van der Waals surface area contributed by atoms with E-state index < -0.39 is 11.0 Å². The van der Waals surface area contributed by atoms with Gasteiger partial charge in [-0.1, -0.05) is 19.1 Å². The van der Waals surface area contributed by atoms with Crippen LogP contribution in [0.25, 0.3) is 0 Å². The van der Waals surface area contributed by atoms with E-state index >= 15 is 0 Å². The lowest BCUT2D eigenvalue weighted by molar-refractivity contribution is -0.387. The van der Waals surface area contributed by atoms with Gasteiger partial charge < -0.3 is 10.4 Å². The summed E-state index contributed by atoms with van der Waals surface area (Å²) in [6, 6.07) is 6.58. The molecule has 0 aliphatic rings. The number of nitrogens with zero attached hydrogens (tertiary/aromatic N) is 1. The molecule has 0 aliphatic carbocycles. The molecule has 6 heteroatoms. The van der Waals surface area contributed by atoms with Gasteiger partial charge in [-0.25, -0.2) is 0 Å². The highest BCUT2D eigenvalue weighted by atomic mass is 32.2. The Morgan fingerprint density at radius 2 is 2.22 bits per heavy atom. The molecule has 18 heavy (non-hydrogen) atoms. The average Bonchev–Trinajstić information content (AvgIpc) is 2.37. The lowest BCUT2D eigenvalue weighted by Gasteiger charge is -2.11. The molecule has 0 spiro atoms. The average molecular weight is 270 g/mol. The number of aliphatic hydroxyl groups is 1. The van der Waals surface area contributed by atoms with Gasteiger partial charge in [0.2, 0.25) is 0 Å². The largest absolute Gasteiger partial charge is 0.391 e. The number of nitro benzene ring substituents is 1. The molecule has 0 saturated carbocycles. The third-order valence-electron chi connectivity index (χ3n) is 2.30. The first-order valence-corrected chi connectivity index (χ1v) is 6.88. The van der Waals surface area contributed by atoms with Gasteiger partial charge in [0.05, 0.1) is 15.9 Å². The minimum absolute atomic E-state index is 0.0937. The second kappa shape index (κ2) is 8.07. The minimum atomic E-state index is -0.499. The predicted molar refractivity (Wildman–Crippen MR) is 73.0 cm³/mol. The third-order valence-corrected chi connectivity index (χ3v) is 3.51. The zero-order valence-electron chi connectivity index (χ0n) is 10.3. The Labute approximate surface area is 111 Å². The Morgan fingerprint density at radius 3 is 2.89 bits per heavy atom. The molecule has 100 valence electrons. The smallest absolute Gasteiger partial charge is 0.282 e. The zero-order chi connectivity index (χ0) is 13.4. The fraction of sp³-hybridized carbons (Fsp3) is 0.500. The molecule has 1 rings (SSSR count). The van der Waals surface area contributed by atoms with Gasteiger partial charge in [-0.15, -0.1) is 11.8 Å². The quantitative estimate of drug-likeness (QED) is 0.327. The molecule has 2 N–H and O–H groups in total. The molecule has 5 nitrogen and oxygen atoms in total.